The molecule has 7 nitrogen and oxygen atoms in total. The molecular weight excluding hydrogens is 328 g/mol. The third-order valence-corrected chi connectivity index (χ3v) is 6.95. The molecule has 2 heterocycles. The molecule has 2 aliphatic rings. The minimum Gasteiger partial charge on any atom is -0.356 e. The van der Waals surface area contributed by atoms with Crippen molar-refractivity contribution in [1.82, 2.24) is 18.8 Å². The highest BCUT2D eigenvalue weighted by Gasteiger charge is 2.32. The molecule has 0 aliphatic carbocycles. The zero-order valence-corrected chi connectivity index (χ0v) is 15.9. The van der Waals surface area contributed by atoms with Crippen LogP contribution in [0.5, 0.6) is 0 Å². The van der Waals surface area contributed by atoms with Gasteiger partial charge in [0.05, 0.1) is 0 Å². The third-order valence-electron chi connectivity index (χ3n) is 5.01. The monoisotopic (exact) mass is 360 g/mol. The van der Waals surface area contributed by atoms with E-state index in [0.29, 0.717) is 32.5 Å². The van der Waals surface area contributed by atoms with Crippen molar-refractivity contribution < 1.29 is 13.2 Å². The van der Waals surface area contributed by atoms with E-state index in [1.807, 2.05) is 0 Å². The summed E-state index contributed by atoms with van der Waals surface area (Å²) in [7, 11) is -0.277. The molecule has 0 spiro atoms. The molecule has 2 saturated heterocycles. The Morgan fingerprint density at radius 3 is 2.29 bits per heavy atom. The number of likely N-dealkylation sites (tertiary alicyclic amines) is 1. The summed E-state index contributed by atoms with van der Waals surface area (Å²) in [5.41, 5.74) is 0. The third kappa shape index (κ3) is 5.40. The maximum atomic E-state index is 12.2. The van der Waals surface area contributed by atoms with E-state index in [9.17, 15) is 13.2 Å². The zero-order chi connectivity index (χ0) is 17.6. The number of piperidine rings is 2. The molecule has 24 heavy (non-hydrogen) atoms. The summed E-state index contributed by atoms with van der Waals surface area (Å²) >= 11 is 0. The molecule has 0 aromatic heterocycles. The molecule has 0 bridgehead atoms. The number of hydrogen-bond acceptors (Lipinski definition) is 4. The van der Waals surface area contributed by atoms with Gasteiger partial charge in [-0.3, -0.25) is 4.79 Å². The Balaban J connectivity index is 1.64. The summed E-state index contributed by atoms with van der Waals surface area (Å²) in [5, 5.41) is 3.02. The van der Waals surface area contributed by atoms with Gasteiger partial charge in [-0.25, -0.2) is 0 Å². The highest BCUT2D eigenvalue weighted by atomic mass is 32.2. The molecule has 1 amide bonds. The van der Waals surface area contributed by atoms with Gasteiger partial charge < -0.3 is 10.2 Å². The average Bonchev–Trinajstić information content (AvgIpc) is 2.59. The van der Waals surface area contributed by atoms with Crippen molar-refractivity contribution in [3.8, 4) is 0 Å². The fourth-order valence-corrected chi connectivity index (χ4v) is 4.56. The first-order valence-corrected chi connectivity index (χ1v) is 10.5. The maximum absolute atomic E-state index is 12.2. The lowest BCUT2D eigenvalue weighted by atomic mass is 9.97. The van der Waals surface area contributed by atoms with Crippen molar-refractivity contribution in [1.29, 1.82) is 0 Å². The van der Waals surface area contributed by atoms with Gasteiger partial charge >= 0.3 is 0 Å². The molecule has 2 rings (SSSR count). The van der Waals surface area contributed by atoms with Gasteiger partial charge in [0.25, 0.3) is 10.2 Å². The number of carbonyl (C=O) groups is 1. The second-order valence-corrected chi connectivity index (χ2v) is 9.15. The van der Waals surface area contributed by atoms with E-state index in [4.69, 9.17) is 0 Å². The largest absolute Gasteiger partial charge is 0.356 e. The number of carbonyl (C=O) groups excluding carboxylic acids is 1. The predicted molar refractivity (Wildman–Crippen MR) is 94.8 cm³/mol. The maximum Gasteiger partial charge on any atom is 0.281 e. The van der Waals surface area contributed by atoms with Crippen molar-refractivity contribution in [2.75, 3.05) is 53.4 Å². The Bertz CT molecular complexity index is 495. The van der Waals surface area contributed by atoms with Gasteiger partial charge in [-0.1, -0.05) is 6.42 Å². The van der Waals surface area contributed by atoms with Crippen molar-refractivity contribution in [3.05, 3.63) is 0 Å². The number of hydrogen-bond donors (Lipinski definition) is 1. The number of amides is 1. The van der Waals surface area contributed by atoms with Crippen LogP contribution in [0.1, 0.15) is 38.5 Å². The number of nitrogens with one attached hydrogen (secondary N) is 1. The second-order valence-electron chi connectivity index (χ2n) is 7.01. The minimum atomic E-state index is -3.35. The van der Waals surface area contributed by atoms with Gasteiger partial charge in [0.1, 0.15) is 0 Å². The molecule has 0 atom stereocenters. The van der Waals surface area contributed by atoms with Gasteiger partial charge in [-0.05, 0) is 51.7 Å². The molecule has 140 valence electrons. The van der Waals surface area contributed by atoms with Gasteiger partial charge in [0, 0.05) is 39.6 Å². The molecule has 0 unspecified atom stereocenters. The summed E-state index contributed by atoms with van der Waals surface area (Å²) in [6.07, 6.45) is 6.12. The highest BCUT2D eigenvalue weighted by molar-refractivity contribution is 7.86. The fourth-order valence-electron chi connectivity index (χ4n) is 3.42. The van der Waals surface area contributed by atoms with E-state index < -0.39 is 10.2 Å². The quantitative estimate of drug-likeness (QED) is 0.671. The SMILES string of the molecule is CN(C)S(=O)(=O)N1CCC(C(=O)NCCCN2CCCCC2)CC1. The molecule has 2 aliphatic heterocycles. The average molecular weight is 361 g/mol. The van der Waals surface area contributed by atoms with Crippen LogP contribution in [0.25, 0.3) is 0 Å². The van der Waals surface area contributed by atoms with Crippen LogP contribution < -0.4 is 5.32 Å². The van der Waals surface area contributed by atoms with Crippen LogP contribution in [-0.2, 0) is 15.0 Å². The normalized spacial score (nSPS) is 22.0. The molecule has 0 aromatic rings. The van der Waals surface area contributed by atoms with E-state index in [2.05, 4.69) is 10.2 Å². The van der Waals surface area contributed by atoms with E-state index in [0.717, 1.165) is 13.0 Å². The lowest BCUT2D eigenvalue weighted by Gasteiger charge is -2.32. The Morgan fingerprint density at radius 1 is 1.08 bits per heavy atom. The lowest BCUT2D eigenvalue weighted by Crippen LogP contribution is -2.47. The van der Waals surface area contributed by atoms with Gasteiger partial charge in [-0.2, -0.15) is 17.0 Å². The summed E-state index contributed by atoms with van der Waals surface area (Å²) in [4.78, 5) is 14.7. The van der Waals surface area contributed by atoms with Crippen LogP contribution in [-0.4, -0.2) is 81.2 Å². The van der Waals surface area contributed by atoms with Gasteiger partial charge in [0.15, 0.2) is 0 Å². The van der Waals surface area contributed by atoms with E-state index >= 15 is 0 Å². The summed E-state index contributed by atoms with van der Waals surface area (Å²) in [6, 6.07) is 0. The highest BCUT2D eigenvalue weighted by Crippen LogP contribution is 2.20. The van der Waals surface area contributed by atoms with Crippen molar-refractivity contribution in [2.24, 2.45) is 5.92 Å². The first-order valence-electron chi connectivity index (χ1n) is 9.09. The van der Waals surface area contributed by atoms with E-state index in [1.165, 1.54) is 55.1 Å². The molecule has 0 saturated carbocycles. The molecule has 1 N–H and O–H groups in total. The van der Waals surface area contributed by atoms with Gasteiger partial charge in [0.2, 0.25) is 5.91 Å². The summed E-state index contributed by atoms with van der Waals surface area (Å²) in [6.45, 7) is 4.99. The minimum absolute atomic E-state index is 0.0615. The molecule has 8 heteroatoms. The van der Waals surface area contributed by atoms with Crippen LogP contribution in [0.3, 0.4) is 0 Å². The Hall–Kier alpha value is -0.700. The molecule has 0 radical (unpaired) electrons. The Kier molecular flexibility index (Phi) is 7.46. The van der Waals surface area contributed by atoms with Crippen LogP contribution in [0.4, 0.5) is 0 Å². The summed E-state index contributed by atoms with van der Waals surface area (Å²) in [5.74, 6) is 0.0177. The molecular formula is C16H32N4O3S. The predicted octanol–water partition coefficient (Wildman–Crippen LogP) is 0.497. The van der Waals surface area contributed by atoms with Crippen LogP contribution >= 0.6 is 0 Å². The van der Waals surface area contributed by atoms with E-state index in [1.54, 1.807) is 0 Å². The molecule has 0 aromatic carbocycles. The number of nitrogens with zero attached hydrogens (tertiary/aromatic N) is 3. The van der Waals surface area contributed by atoms with Crippen molar-refractivity contribution in [3.63, 3.8) is 0 Å². The first-order chi connectivity index (χ1) is 11.4. The fraction of sp³-hybridized carbons (Fsp3) is 0.938. The Morgan fingerprint density at radius 2 is 1.71 bits per heavy atom. The van der Waals surface area contributed by atoms with Crippen LogP contribution in [0.2, 0.25) is 0 Å². The standard InChI is InChI=1S/C16H32N4O3S/c1-18(2)24(22,23)20-13-7-15(8-14-20)16(21)17-9-6-12-19-10-4-3-5-11-19/h15H,3-14H2,1-2H3,(H,17,21). The smallest absolute Gasteiger partial charge is 0.281 e. The lowest BCUT2D eigenvalue weighted by molar-refractivity contribution is -0.126. The van der Waals surface area contributed by atoms with Crippen LogP contribution in [0, 0.1) is 5.92 Å². The summed E-state index contributed by atoms with van der Waals surface area (Å²) < 4.78 is 26.8. The van der Waals surface area contributed by atoms with Gasteiger partial charge in [-0.15, -0.1) is 0 Å². The topological polar surface area (TPSA) is 73.0 Å². The zero-order valence-electron chi connectivity index (χ0n) is 15.0. The van der Waals surface area contributed by atoms with Crippen LogP contribution in [0.15, 0.2) is 0 Å². The van der Waals surface area contributed by atoms with E-state index in [-0.39, 0.29) is 11.8 Å². The van der Waals surface area contributed by atoms with Crippen molar-refractivity contribution >= 4 is 16.1 Å². The number of rotatable bonds is 7. The first kappa shape index (κ1) is 19.6. The Labute approximate surface area is 146 Å². The second kappa shape index (κ2) is 9.12. The van der Waals surface area contributed by atoms with Crippen molar-refractivity contribution in [2.45, 2.75) is 38.5 Å². The molecule has 2 fully saturated rings.